The Hall–Kier alpha value is -3.91. The third-order valence-corrected chi connectivity index (χ3v) is 5.79. The lowest BCUT2D eigenvalue weighted by Crippen LogP contribution is -2.42. The lowest BCUT2D eigenvalue weighted by Gasteiger charge is -2.27. The van der Waals surface area contributed by atoms with Crippen molar-refractivity contribution >= 4 is 17.5 Å². The average Bonchev–Trinajstić information content (AvgIpc) is 3.32. The van der Waals surface area contributed by atoms with Crippen molar-refractivity contribution in [2.75, 3.05) is 26.8 Å². The van der Waals surface area contributed by atoms with E-state index in [0.29, 0.717) is 17.7 Å². The molecule has 1 aliphatic rings. The second kappa shape index (κ2) is 11.0. The van der Waals surface area contributed by atoms with Crippen LogP contribution < -0.4 is 0 Å². The SMILES string of the molecule is COCCN(CC(=O)N1N=C(c2ccccc2F)C[C@H]1c1ccccc1)C(=O)c1cccc(F)c1. The summed E-state index contributed by atoms with van der Waals surface area (Å²) in [5.41, 5.74) is 1.75. The molecule has 0 N–H and O–H groups in total. The van der Waals surface area contributed by atoms with Crippen molar-refractivity contribution in [1.29, 1.82) is 0 Å². The Balaban J connectivity index is 1.63. The molecule has 1 heterocycles. The topological polar surface area (TPSA) is 62.2 Å². The van der Waals surface area contributed by atoms with Crippen molar-refractivity contribution in [3.05, 3.63) is 107 Å². The molecule has 3 aromatic rings. The smallest absolute Gasteiger partial charge is 0.262 e. The maximum atomic E-state index is 14.5. The van der Waals surface area contributed by atoms with Crippen molar-refractivity contribution < 1.29 is 23.1 Å². The van der Waals surface area contributed by atoms with E-state index in [-0.39, 0.29) is 25.3 Å². The van der Waals surface area contributed by atoms with E-state index >= 15 is 0 Å². The van der Waals surface area contributed by atoms with E-state index in [2.05, 4.69) is 5.10 Å². The standard InChI is InChI=1S/C27H25F2N3O3/c1-35-15-14-31(27(34)20-10-7-11-21(28)16-20)18-26(33)32-25(19-8-3-2-4-9-19)17-24(30-32)22-12-5-6-13-23(22)29/h2-13,16,25H,14-15,17-18H2,1H3/t25-/m0/s1. The zero-order valence-corrected chi connectivity index (χ0v) is 19.2. The van der Waals surface area contributed by atoms with E-state index in [4.69, 9.17) is 4.74 Å². The maximum absolute atomic E-state index is 14.5. The molecular weight excluding hydrogens is 452 g/mol. The number of carbonyl (C=O) groups is 2. The van der Waals surface area contributed by atoms with Crippen molar-refractivity contribution in [2.24, 2.45) is 5.10 Å². The third kappa shape index (κ3) is 5.60. The van der Waals surface area contributed by atoms with Crippen LogP contribution in [-0.2, 0) is 9.53 Å². The number of hydrazone groups is 1. The fourth-order valence-electron chi connectivity index (χ4n) is 4.03. The minimum atomic E-state index is -0.545. The van der Waals surface area contributed by atoms with Gasteiger partial charge in [-0.2, -0.15) is 5.10 Å². The summed E-state index contributed by atoms with van der Waals surface area (Å²) in [6.45, 7) is 0.0294. The molecule has 0 saturated heterocycles. The largest absolute Gasteiger partial charge is 0.383 e. The Labute approximate surface area is 202 Å². The quantitative estimate of drug-likeness (QED) is 0.482. The van der Waals surface area contributed by atoms with Gasteiger partial charge in [-0.3, -0.25) is 9.59 Å². The number of ether oxygens (including phenoxy) is 1. The van der Waals surface area contributed by atoms with Gasteiger partial charge in [0.05, 0.1) is 18.4 Å². The molecule has 0 spiro atoms. The van der Waals surface area contributed by atoms with E-state index in [1.807, 2.05) is 30.3 Å². The minimum Gasteiger partial charge on any atom is -0.383 e. The fraction of sp³-hybridized carbons (Fsp3) is 0.222. The highest BCUT2D eigenvalue weighted by Crippen LogP contribution is 2.33. The van der Waals surface area contributed by atoms with Gasteiger partial charge in [-0.25, -0.2) is 13.8 Å². The first-order valence-electron chi connectivity index (χ1n) is 11.2. The molecular formula is C27H25F2N3O3. The van der Waals surface area contributed by atoms with E-state index in [1.54, 1.807) is 18.2 Å². The zero-order valence-electron chi connectivity index (χ0n) is 19.2. The van der Waals surface area contributed by atoms with Gasteiger partial charge in [0.15, 0.2) is 0 Å². The summed E-state index contributed by atoms with van der Waals surface area (Å²) in [4.78, 5) is 27.9. The number of hydrogen-bond acceptors (Lipinski definition) is 4. The number of rotatable bonds is 8. The van der Waals surface area contributed by atoms with Crippen LogP contribution in [0.4, 0.5) is 8.78 Å². The highest BCUT2D eigenvalue weighted by Gasteiger charge is 2.35. The van der Waals surface area contributed by atoms with Gasteiger partial charge in [-0.05, 0) is 29.8 Å². The predicted molar refractivity (Wildman–Crippen MR) is 128 cm³/mol. The van der Waals surface area contributed by atoms with E-state index < -0.39 is 29.5 Å². The fourth-order valence-corrected chi connectivity index (χ4v) is 4.03. The van der Waals surface area contributed by atoms with Gasteiger partial charge in [0, 0.05) is 31.2 Å². The van der Waals surface area contributed by atoms with Gasteiger partial charge in [-0.1, -0.05) is 54.6 Å². The summed E-state index contributed by atoms with van der Waals surface area (Å²) in [5.74, 6) is -1.90. The number of nitrogens with zero attached hydrogens (tertiary/aromatic N) is 3. The molecule has 6 nitrogen and oxygen atoms in total. The van der Waals surface area contributed by atoms with Crippen LogP contribution in [-0.4, -0.2) is 54.2 Å². The van der Waals surface area contributed by atoms with Crippen molar-refractivity contribution in [3.8, 4) is 0 Å². The molecule has 0 aliphatic carbocycles. The molecule has 0 radical (unpaired) electrons. The Morgan fingerprint density at radius 2 is 1.77 bits per heavy atom. The molecule has 8 heteroatoms. The number of amides is 2. The maximum Gasteiger partial charge on any atom is 0.262 e. The molecule has 3 aromatic carbocycles. The van der Waals surface area contributed by atoms with Crippen LogP contribution in [0, 0.1) is 11.6 Å². The molecule has 0 aromatic heterocycles. The molecule has 2 amide bonds. The van der Waals surface area contributed by atoms with E-state index in [0.717, 1.165) is 11.6 Å². The highest BCUT2D eigenvalue weighted by atomic mass is 19.1. The lowest BCUT2D eigenvalue weighted by atomic mass is 9.98. The number of carbonyl (C=O) groups excluding carboxylic acids is 2. The molecule has 0 bridgehead atoms. The van der Waals surface area contributed by atoms with Crippen LogP contribution in [0.3, 0.4) is 0 Å². The monoisotopic (exact) mass is 477 g/mol. The number of hydrogen-bond donors (Lipinski definition) is 0. The van der Waals surface area contributed by atoms with Crippen LogP contribution in [0.25, 0.3) is 0 Å². The normalized spacial score (nSPS) is 15.1. The Morgan fingerprint density at radius 3 is 2.49 bits per heavy atom. The number of methoxy groups -OCH3 is 1. The third-order valence-electron chi connectivity index (χ3n) is 5.79. The average molecular weight is 478 g/mol. The molecule has 35 heavy (non-hydrogen) atoms. The Bertz CT molecular complexity index is 1230. The molecule has 0 saturated carbocycles. The minimum absolute atomic E-state index is 0.130. The van der Waals surface area contributed by atoms with Gasteiger partial charge < -0.3 is 9.64 Å². The van der Waals surface area contributed by atoms with Crippen LogP contribution in [0.5, 0.6) is 0 Å². The summed E-state index contributed by atoms with van der Waals surface area (Å²) in [6.07, 6.45) is 0.326. The van der Waals surface area contributed by atoms with Gasteiger partial charge in [-0.15, -0.1) is 0 Å². The van der Waals surface area contributed by atoms with Gasteiger partial charge in [0.1, 0.15) is 18.2 Å². The molecule has 4 rings (SSSR count). The summed E-state index contributed by atoms with van der Waals surface area (Å²) in [7, 11) is 1.49. The van der Waals surface area contributed by atoms with E-state index in [9.17, 15) is 18.4 Å². The molecule has 0 unspecified atom stereocenters. The van der Waals surface area contributed by atoms with Crippen LogP contribution >= 0.6 is 0 Å². The Kier molecular flexibility index (Phi) is 7.62. The van der Waals surface area contributed by atoms with Crippen LogP contribution in [0.15, 0.2) is 84.0 Å². The first kappa shape index (κ1) is 24.2. The second-order valence-electron chi connectivity index (χ2n) is 8.13. The first-order chi connectivity index (χ1) is 17.0. The predicted octanol–water partition coefficient (Wildman–Crippen LogP) is 4.43. The van der Waals surface area contributed by atoms with Gasteiger partial charge in [0.2, 0.25) is 0 Å². The van der Waals surface area contributed by atoms with E-state index in [1.165, 1.54) is 41.3 Å². The van der Waals surface area contributed by atoms with Crippen molar-refractivity contribution in [2.45, 2.75) is 12.5 Å². The highest BCUT2D eigenvalue weighted by molar-refractivity contribution is 6.04. The molecule has 1 atom stereocenters. The van der Waals surface area contributed by atoms with Crippen molar-refractivity contribution in [1.82, 2.24) is 9.91 Å². The molecule has 0 fully saturated rings. The van der Waals surface area contributed by atoms with Crippen LogP contribution in [0.1, 0.15) is 33.9 Å². The first-order valence-corrected chi connectivity index (χ1v) is 11.2. The Morgan fingerprint density at radius 1 is 1.03 bits per heavy atom. The van der Waals surface area contributed by atoms with Crippen molar-refractivity contribution in [3.63, 3.8) is 0 Å². The van der Waals surface area contributed by atoms with Gasteiger partial charge >= 0.3 is 0 Å². The molecule has 180 valence electrons. The van der Waals surface area contributed by atoms with Crippen LogP contribution in [0.2, 0.25) is 0 Å². The molecule has 1 aliphatic heterocycles. The number of benzene rings is 3. The zero-order chi connectivity index (χ0) is 24.8. The summed E-state index contributed by atoms with van der Waals surface area (Å²) < 4.78 is 33.3. The van der Waals surface area contributed by atoms with Gasteiger partial charge in [0.25, 0.3) is 11.8 Å². The number of halogens is 2. The second-order valence-corrected chi connectivity index (χ2v) is 8.13. The lowest BCUT2D eigenvalue weighted by molar-refractivity contribution is -0.133. The summed E-state index contributed by atoms with van der Waals surface area (Å²) >= 11 is 0. The summed E-state index contributed by atoms with van der Waals surface area (Å²) in [5, 5.41) is 5.80. The summed E-state index contributed by atoms with van der Waals surface area (Å²) in [6, 6.07) is 20.5.